The minimum Gasteiger partial charge on any atom is -0.507 e. The molecule has 2 N–H and O–H groups in total. The highest BCUT2D eigenvalue weighted by Crippen LogP contribution is 2.44. The molecule has 7 heteroatoms. The van der Waals surface area contributed by atoms with Crippen LogP contribution in [0.4, 0.5) is 0 Å². The van der Waals surface area contributed by atoms with Gasteiger partial charge in [-0.25, -0.2) is 0 Å². The molecule has 1 fully saturated rings. The number of piperidine rings is 1. The van der Waals surface area contributed by atoms with E-state index in [1.165, 1.54) is 12.1 Å². The molecule has 3 aromatic carbocycles. The number of likely N-dealkylation sites (tertiary alicyclic amines) is 1. The Labute approximate surface area is 225 Å². The van der Waals surface area contributed by atoms with E-state index in [1.54, 1.807) is 6.20 Å². The first-order valence-electron chi connectivity index (χ1n) is 13.2. The van der Waals surface area contributed by atoms with Crippen molar-refractivity contribution in [3.05, 3.63) is 100 Å². The van der Waals surface area contributed by atoms with Crippen molar-refractivity contribution in [2.45, 2.75) is 31.6 Å². The van der Waals surface area contributed by atoms with Gasteiger partial charge in [0.1, 0.15) is 28.2 Å². The van der Waals surface area contributed by atoms with E-state index in [4.69, 9.17) is 4.42 Å². The Hall–Kier alpha value is -4.65. The van der Waals surface area contributed by atoms with E-state index in [1.807, 2.05) is 65.6 Å². The Bertz CT molecular complexity index is 1730. The molecule has 1 unspecified atom stereocenters. The zero-order valence-corrected chi connectivity index (χ0v) is 21.3. The molecule has 1 aliphatic rings. The molecule has 0 bridgehead atoms. The van der Waals surface area contributed by atoms with Gasteiger partial charge in [-0.05, 0) is 37.0 Å². The molecule has 0 spiro atoms. The fraction of sp³-hybridized carbons (Fsp3) is 0.219. The van der Waals surface area contributed by atoms with Crippen LogP contribution in [0.1, 0.15) is 42.7 Å². The number of rotatable bonds is 5. The van der Waals surface area contributed by atoms with Crippen LogP contribution < -0.4 is 5.43 Å². The number of aromatic nitrogens is 1. The van der Waals surface area contributed by atoms with Gasteiger partial charge in [-0.15, -0.1) is 0 Å². The Morgan fingerprint density at radius 1 is 0.923 bits per heavy atom. The lowest BCUT2D eigenvalue weighted by Crippen LogP contribution is -2.36. The molecule has 1 atom stereocenters. The van der Waals surface area contributed by atoms with E-state index in [2.05, 4.69) is 4.98 Å². The molecule has 1 amide bonds. The van der Waals surface area contributed by atoms with Crippen molar-refractivity contribution >= 4 is 27.8 Å². The second kappa shape index (κ2) is 10.3. The highest BCUT2D eigenvalue weighted by atomic mass is 16.3. The Balaban J connectivity index is 1.61. The van der Waals surface area contributed by atoms with E-state index in [9.17, 15) is 19.8 Å². The number of pyridine rings is 1. The molecule has 1 saturated heterocycles. The number of para-hydroxylation sites is 1. The molecule has 196 valence electrons. The summed E-state index contributed by atoms with van der Waals surface area (Å²) in [4.78, 5) is 33.3. The Morgan fingerprint density at radius 2 is 1.67 bits per heavy atom. The second-order valence-electron chi connectivity index (χ2n) is 9.99. The molecule has 1 aliphatic heterocycles. The lowest BCUT2D eigenvalue weighted by atomic mass is 9.84. The molecule has 3 heterocycles. The highest BCUT2D eigenvalue weighted by molar-refractivity contribution is 5.92. The van der Waals surface area contributed by atoms with Gasteiger partial charge in [-0.3, -0.25) is 14.6 Å². The average molecular weight is 521 g/mol. The quantitative estimate of drug-likeness (QED) is 0.297. The van der Waals surface area contributed by atoms with Gasteiger partial charge in [0, 0.05) is 60.3 Å². The highest BCUT2D eigenvalue weighted by Gasteiger charge is 2.31. The summed E-state index contributed by atoms with van der Waals surface area (Å²) < 4.78 is 6.30. The molecular weight excluding hydrogens is 492 g/mol. The number of aromatic hydroxyl groups is 2. The topological polar surface area (TPSA) is 104 Å². The third-order valence-electron chi connectivity index (χ3n) is 7.55. The summed E-state index contributed by atoms with van der Waals surface area (Å²) in [5, 5.41) is 22.8. The zero-order chi connectivity index (χ0) is 26.9. The molecule has 6 rings (SSSR count). The van der Waals surface area contributed by atoms with Gasteiger partial charge in [0.25, 0.3) is 0 Å². The minimum atomic E-state index is -0.662. The van der Waals surface area contributed by atoms with Gasteiger partial charge in [-0.2, -0.15) is 0 Å². The van der Waals surface area contributed by atoms with Crippen molar-refractivity contribution < 1.29 is 19.4 Å². The summed E-state index contributed by atoms with van der Waals surface area (Å²) in [6.07, 6.45) is 4.75. The van der Waals surface area contributed by atoms with E-state index in [0.29, 0.717) is 30.0 Å². The van der Waals surface area contributed by atoms with Crippen LogP contribution in [0.25, 0.3) is 33.2 Å². The largest absolute Gasteiger partial charge is 0.507 e. The van der Waals surface area contributed by atoms with E-state index < -0.39 is 11.3 Å². The van der Waals surface area contributed by atoms with Crippen molar-refractivity contribution in [2.24, 2.45) is 0 Å². The fourth-order valence-corrected chi connectivity index (χ4v) is 5.64. The molecule has 0 saturated carbocycles. The second-order valence-corrected chi connectivity index (χ2v) is 9.99. The summed E-state index contributed by atoms with van der Waals surface area (Å²) in [6, 6.07) is 21.1. The predicted octanol–water partition coefficient (Wildman–Crippen LogP) is 5.95. The summed E-state index contributed by atoms with van der Waals surface area (Å²) in [7, 11) is 0. The maximum atomic E-state index is 13.6. The number of hydrogen-bond acceptors (Lipinski definition) is 6. The van der Waals surface area contributed by atoms with Crippen molar-refractivity contribution in [2.75, 3.05) is 13.1 Å². The first-order valence-corrected chi connectivity index (χ1v) is 13.2. The zero-order valence-electron chi connectivity index (χ0n) is 21.3. The molecule has 2 aromatic heterocycles. The predicted molar refractivity (Wildman–Crippen MR) is 150 cm³/mol. The van der Waals surface area contributed by atoms with E-state index in [0.717, 1.165) is 35.7 Å². The number of phenolic OH excluding ortho intramolecular Hbond substituents is 2. The number of fused-ring (bicyclic) bond motifs is 2. The lowest BCUT2D eigenvalue weighted by Gasteiger charge is -2.29. The summed E-state index contributed by atoms with van der Waals surface area (Å²) in [5.41, 5.74) is 2.13. The maximum Gasteiger partial charge on any atom is 0.223 e. The molecular formula is C32H28N2O5. The number of amides is 1. The van der Waals surface area contributed by atoms with Crippen LogP contribution in [0.15, 0.2) is 88.2 Å². The molecule has 0 radical (unpaired) electrons. The van der Waals surface area contributed by atoms with Crippen LogP contribution in [0.2, 0.25) is 0 Å². The van der Waals surface area contributed by atoms with Gasteiger partial charge in [0.2, 0.25) is 5.91 Å². The van der Waals surface area contributed by atoms with Crippen molar-refractivity contribution in [3.8, 4) is 22.8 Å². The van der Waals surface area contributed by atoms with Crippen LogP contribution in [0.5, 0.6) is 11.5 Å². The third kappa shape index (κ3) is 4.61. The van der Waals surface area contributed by atoms with Crippen LogP contribution >= 0.6 is 0 Å². The number of benzene rings is 3. The van der Waals surface area contributed by atoms with Gasteiger partial charge in [0.15, 0.2) is 5.43 Å². The number of nitrogens with zero attached hydrogens (tertiary/aromatic N) is 2. The Morgan fingerprint density at radius 3 is 2.46 bits per heavy atom. The van der Waals surface area contributed by atoms with Crippen molar-refractivity contribution in [1.29, 1.82) is 0 Å². The van der Waals surface area contributed by atoms with E-state index in [-0.39, 0.29) is 34.8 Å². The number of phenols is 2. The van der Waals surface area contributed by atoms with Crippen LogP contribution in [0.3, 0.4) is 0 Å². The third-order valence-corrected chi connectivity index (χ3v) is 7.55. The monoisotopic (exact) mass is 520 g/mol. The number of hydrogen-bond donors (Lipinski definition) is 2. The summed E-state index contributed by atoms with van der Waals surface area (Å²) >= 11 is 0. The SMILES string of the molecule is O=C(CC(c1ccnc2ccccc12)c1c(O)cc(O)c2c(=O)cc(-c3ccccc3)oc12)N1CCCCC1. The fourth-order valence-electron chi connectivity index (χ4n) is 5.64. The normalized spacial score (nSPS) is 14.5. The first-order chi connectivity index (χ1) is 19.0. The van der Waals surface area contributed by atoms with Gasteiger partial charge in [0.05, 0.1) is 5.52 Å². The van der Waals surface area contributed by atoms with E-state index >= 15 is 0 Å². The molecule has 5 aromatic rings. The minimum absolute atomic E-state index is 0.0312. The van der Waals surface area contributed by atoms with Crippen LogP contribution in [-0.4, -0.2) is 39.1 Å². The van der Waals surface area contributed by atoms with Crippen LogP contribution in [0, 0.1) is 0 Å². The summed E-state index contributed by atoms with van der Waals surface area (Å²) in [5.74, 6) is -1.02. The lowest BCUT2D eigenvalue weighted by molar-refractivity contribution is -0.132. The van der Waals surface area contributed by atoms with Crippen LogP contribution in [-0.2, 0) is 4.79 Å². The van der Waals surface area contributed by atoms with Gasteiger partial charge >= 0.3 is 0 Å². The first kappa shape index (κ1) is 24.7. The Kier molecular flexibility index (Phi) is 6.49. The molecule has 0 aliphatic carbocycles. The summed E-state index contributed by atoms with van der Waals surface area (Å²) in [6.45, 7) is 1.39. The molecule has 7 nitrogen and oxygen atoms in total. The maximum absolute atomic E-state index is 13.6. The number of carbonyl (C=O) groups is 1. The smallest absolute Gasteiger partial charge is 0.223 e. The van der Waals surface area contributed by atoms with Gasteiger partial charge in [-0.1, -0.05) is 48.5 Å². The van der Waals surface area contributed by atoms with Gasteiger partial charge < -0.3 is 19.5 Å². The average Bonchev–Trinajstić information content (AvgIpc) is 2.96. The van der Waals surface area contributed by atoms with Crippen molar-refractivity contribution in [1.82, 2.24) is 9.88 Å². The van der Waals surface area contributed by atoms with Crippen molar-refractivity contribution in [3.63, 3.8) is 0 Å². The molecule has 39 heavy (non-hydrogen) atoms. The standard InChI is InChI=1S/C32H28N2O5/c35-25-18-26(36)31-27(37)19-28(20-9-3-1-4-10-20)39-32(31)30(25)23(17-29(38)34-15-7-2-8-16-34)21-13-14-33-24-12-6-5-11-22(21)24/h1,3-6,9-14,18-19,23,35-36H,2,7-8,15-17H2. The number of carbonyl (C=O) groups excluding carboxylic acids is 1.